The molecule has 2 rings (SSSR count). The molecular weight excluding hydrogens is 207 g/mol. The van der Waals surface area contributed by atoms with E-state index in [1.165, 1.54) is 6.20 Å². The van der Waals surface area contributed by atoms with Crippen molar-refractivity contribution >= 4 is 0 Å². The summed E-state index contributed by atoms with van der Waals surface area (Å²) in [6.45, 7) is 1.86. The van der Waals surface area contributed by atoms with Gasteiger partial charge in [0, 0.05) is 19.7 Å². The van der Waals surface area contributed by atoms with Gasteiger partial charge in [-0.1, -0.05) is 0 Å². The van der Waals surface area contributed by atoms with Crippen LogP contribution in [0.1, 0.15) is 18.4 Å². The number of hydrogen-bond donors (Lipinski definition) is 1. The summed E-state index contributed by atoms with van der Waals surface area (Å²) in [7, 11) is 1.71. The Balaban J connectivity index is 2.15. The Morgan fingerprint density at radius 1 is 1.50 bits per heavy atom. The highest BCUT2D eigenvalue weighted by Crippen LogP contribution is 2.27. The molecule has 1 aromatic heterocycles. The first-order valence-electron chi connectivity index (χ1n) is 5.60. The van der Waals surface area contributed by atoms with Gasteiger partial charge in [0.05, 0.1) is 11.8 Å². The maximum atomic E-state index is 13.5. The lowest BCUT2D eigenvalue weighted by Gasteiger charge is -2.36. The molecule has 0 radical (unpaired) electrons. The van der Waals surface area contributed by atoms with E-state index in [0.29, 0.717) is 12.0 Å². The number of ether oxygens (including phenoxy) is 1. The van der Waals surface area contributed by atoms with Crippen molar-refractivity contribution in [2.24, 2.45) is 0 Å². The number of rotatable bonds is 3. The predicted octanol–water partition coefficient (Wildman–Crippen LogP) is 1.53. The molecule has 0 unspecified atom stereocenters. The minimum absolute atomic E-state index is 0.215. The highest BCUT2D eigenvalue weighted by molar-refractivity contribution is 5.16. The van der Waals surface area contributed by atoms with E-state index in [9.17, 15) is 4.39 Å². The summed E-state index contributed by atoms with van der Waals surface area (Å²) in [6, 6.07) is 1.73. The van der Waals surface area contributed by atoms with Gasteiger partial charge in [0.1, 0.15) is 5.82 Å². The van der Waals surface area contributed by atoms with Gasteiger partial charge in [-0.15, -0.1) is 0 Å². The average molecular weight is 224 g/mol. The highest BCUT2D eigenvalue weighted by atomic mass is 19.1. The molecule has 1 aromatic rings. The Morgan fingerprint density at radius 3 is 2.88 bits per heavy atom. The normalized spacial score (nSPS) is 19.6. The molecule has 0 amide bonds. The maximum absolute atomic E-state index is 13.5. The van der Waals surface area contributed by atoms with Crippen LogP contribution in [0.25, 0.3) is 0 Å². The fourth-order valence-corrected chi connectivity index (χ4v) is 2.23. The maximum Gasteiger partial charge on any atom is 0.144 e. The third-order valence-electron chi connectivity index (χ3n) is 3.32. The van der Waals surface area contributed by atoms with Crippen molar-refractivity contribution < 1.29 is 9.13 Å². The molecule has 2 heterocycles. The van der Waals surface area contributed by atoms with Crippen molar-refractivity contribution in [3.63, 3.8) is 0 Å². The Kier molecular flexibility index (Phi) is 3.51. The van der Waals surface area contributed by atoms with Crippen LogP contribution in [0.15, 0.2) is 18.5 Å². The fraction of sp³-hybridized carbons (Fsp3) is 0.583. The number of pyridine rings is 1. The van der Waals surface area contributed by atoms with Crippen molar-refractivity contribution in [2.75, 3.05) is 20.2 Å². The third kappa shape index (κ3) is 2.39. The molecule has 16 heavy (non-hydrogen) atoms. The van der Waals surface area contributed by atoms with Gasteiger partial charge in [0.25, 0.3) is 0 Å². The van der Waals surface area contributed by atoms with E-state index in [1.807, 2.05) is 0 Å². The predicted molar refractivity (Wildman–Crippen MR) is 59.7 cm³/mol. The summed E-state index contributed by atoms with van der Waals surface area (Å²) in [5, 5.41) is 3.29. The fourth-order valence-electron chi connectivity index (χ4n) is 2.23. The number of halogens is 1. The van der Waals surface area contributed by atoms with Crippen LogP contribution in [0, 0.1) is 5.82 Å². The molecule has 4 heteroatoms. The standard InChI is InChI=1S/C12H17FN2O/c1-16-12(3-6-14-7-4-12)8-10-2-5-15-9-11(10)13/h2,5,9,14H,3-4,6-8H2,1H3. The number of piperidine rings is 1. The van der Waals surface area contributed by atoms with Crippen molar-refractivity contribution in [3.05, 3.63) is 29.8 Å². The first kappa shape index (κ1) is 11.5. The van der Waals surface area contributed by atoms with E-state index in [2.05, 4.69) is 10.3 Å². The summed E-state index contributed by atoms with van der Waals surface area (Å²) in [5.74, 6) is -0.238. The molecule has 1 aliphatic heterocycles. The zero-order chi connectivity index (χ0) is 11.4. The van der Waals surface area contributed by atoms with E-state index in [1.54, 1.807) is 19.4 Å². The van der Waals surface area contributed by atoms with Gasteiger partial charge in [-0.25, -0.2) is 4.39 Å². The second-order valence-corrected chi connectivity index (χ2v) is 4.28. The molecule has 1 fully saturated rings. The number of hydrogen-bond acceptors (Lipinski definition) is 3. The summed E-state index contributed by atoms with van der Waals surface area (Å²) >= 11 is 0. The molecule has 0 bridgehead atoms. The summed E-state index contributed by atoms with van der Waals surface area (Å²) < 4.78 is 19.1. The van der Waals surface area contributed by atoms with Gasteiger partial charge in [0.15, 0.2) is 0 Å². The minimum Gasteiger partial charge on any atom is -0.378 e. The number of aromatic nitrogens is 1. The summed E-state index contributed by atoms with van der Waals surface area (Å²) in [5.41, 5.74) is 0.478. The van der Waals surface area contributed by atoms with Crippen LogP contribution in [0.5, 0.6) is 0 Å². The molecule has 1 saturated heterocycles. The summed E-state index contributed by atoms with van der Waals surface area (Å²) in [6.07, 6.45) is 5.36. The van der Waals surface area contributed by atoms with E-state index < -0.39 is 0 Å². The van der Waals surface area contributed by atoms with E-state index >= 15 is 0 Å². The van der Waals surface area contributed by atoms with Crippen LogP contribution in [0.3, 0.4) is 0 Å². The van der Waals surface area contributed by atoms with Crippen LogP contribution in [-0.4, -0.2) is 30.8 Å². The smallest absolute Gasteiger partial charge is 0.144 e. The van der Waals surface area contributed by atoms with E-state index in [0.717, 1.165) is 25.9 Å². The molecule has 3 nitrogen and oxygen atoms in total. The molecule has 1 N–H and O–H groups in total. The molecule has 0 spiro atoms. The van der Waals surface area contributed by atoms with Gasteiger partial charge < -0.3 is 10.1 Å². The van der Waals surface area contributed by atoms with Crippen molar-refractivity contribution in [3.8, 4) is 0 Å². The summed E-state index contributed by atoms with van der Waals surface area (Å²) in [4.78, 5) is 3.76. The van der Waals surface area contributed by atoms with E-state index in [-0.39, 0.29) is 11.4 Å². The molecule has 0 aliphatic carbocycles. The van der Waals surface area contributed by atoms with Gasteiger partial charge >= 0.3 is 0 Å². The topological polar surface area (TPSA) is 34.1 Å². The molecule has 0 atom stereocenters. The molecule has 1 aliphatic rings. The lowest BCUT2D eigenvalue weighted by atomic mass is 9.86. The molecule has 0 saturated carbocycles. The number of methoxy groups -OCH3 is 1. The quantitative estimate of drug-likeness (QED) is 0.845. The van der Waals surface area contributed by atoms with Gasteiger partial charge in [-0.3, -0.25) is 4.98 Å². The van der Waals surface area contributed by atoms with Gasteiger partial charge in [0.2, 0.25) is 0 Å². The first-order chi connectivity index (χ1) is 7.76. The van der Waals surface area contributed by atoms with Gasteiger partial charge in [-0.05, 0) is 37.6 Å². The van der Waals surface area contributed by atoms with E-state index in [4.69, 9.17) is 4.74 Å². The zero-order valence-electron chi connectivity index (χ0n) is 9.50. The zero-order valence-corrected chi connectivity index (χ0v) is 9.50. The monoisotopic (exact) mass is 224 g/mol. The minimum atomic E-state index is -0.238. The molecular formula is C12H17FN2O. The molecule has 0 aromatic carbocycles. The SMILES string of the molecule is COC1(Cc2ccncc2F)CCNCC1. The van der Waals surface area contributed by atoms with Crippen LogP contribution >= 0.6 is 0 Å². The van der Waals surface area contributed by atoms with Crippen LogP contribution < -0.4 is 5.32 Å². The second kappa shape index (κ2) is 4.89. The Hall–Kier alpha value is -1.00. The average Bonchev–Trinajstić information content (AvgIpc) is 2.33. The highest BCUT2D eigenvalue weighted by Gasteiger charge is 2.32. The Bertz CT molecular complexity index is 351. The van der Waals surface area contributed by atoms with Crippen molar-refractivity contribution in [1.82, 2.24) is 10.3 Å². The Morgan fingerprint density at radius 2 is 2.25 bits per heavy atom. The lowest BCUT2D eigenvalue weighted by Crippen LogP contribution is -2.45. The van der Waals surface area contributed by atoms with Crippen molar-refractivity contribution in [2.45, 2.75) is 24.9 Å². The molecule has 88 valence electrons. The third-order valence-corrected chi connectivity index (χ3v) is 3.32. The van der Waals surface area contributed by atoms with Crippen molar-refractivity contribution in [1.29, 1.82) is 0 Å². The lowest BCUT2D eigenvalue weighted by molar-refractivity contribution is -0.0339. The Labute approximate surface area is 95.0 Å². The van der Waals surface area contributed by atoms with Crippen LogP contribution in [-0.2, 0) is 11.2 Å². The largest absolute Gasteiger partial charge is 0.378 e. The van der Waals surface area contributed by atoms with Gasteiger partial charge in [-0.2, -0.15) is 0 Å². The second-order valence-electron chi connectivity index (χ2n) is 4.28. The first-order valence-corrected chi connectivity index (χ1v) is 5.60. The number of nitrogens with zero attached hydrogens (tertiary/aromatic N) is 1. The number of nitrogens with one attached hydrogen (secondary N) is 1. The van der Waals surface area contributed by atoms with Crippen LogP contribution in [0.2, 0.25) is 0 Å². The van der Waals surface area contributed by atoms with Crippen LogP contribution in [0.4, 0.5) is 4.39 Å².